The summed E-state index contributed by atoms with van der Waals surface area (Å²) in [6, 6.07) is 15.1. The number of carbonyl (C=O) groups excluding carboxylic acids is 2. The van der Waals surface area contributed by atoms with Gasteiger partial charge in [0.2, 0.25) is 0 Å². The maximum atomic E-state index is 12.6. The Hall–Kier alpha value is -4.11. The molecule has 0 unspecified atom stereocenters. The number of amides is 2. The van der Waals surface area contributed by atoms with Crippen molar-refractivity contribution in [1.29, 1.82) is 0 Å². The fraction of sp³-hybridized carbons (Fsp3) is 0.0909. The van der Waals surface area contributed by atoms with E-state index in [1.807, 2.05) is 0 Å². The van der Waals surface area contributed by atoms with Crippen molar-refractivity contribution in [2.45, 2.75) is 0 Å². The number of hydrogen-bond acceptors (Lipinski definition) is 6. The minimum Gasteiger partial charge on any atom is -0.494 e. The highest BCUT2D eigenvalue weighted by Gasteiger charge is 2.19. The van der Waals surface area contributed by atoms with Gasteiger partial charge in [-0.2, -0.15) is 0 Å². The van der Waals surface area contributed by atoms with Crippen molar-refractivity contribution in [2.24, 2.45) is 0 Å². The van der Waals surface area contributed by atoms with Gasteiger partial charge in [-0.1, -0.05) is 23.7 Å². The molecule has 0 radical (unpaired) electrons. The Morgan fingerprint density at radius 2 is 1.62 bits per heavy atom. The average molecular weight is 456 g/mol. The molecule has 2 N–H and O–H groups in total. The highest BCUT2D eigenvalue weighted by molar-refractivity contribution is 6.34. The maximum absolute atomic E-state index is 12.6. The lowest BCUT2D eigenvalue weighted by Gasteiger charge is -2.13. The normalized spacial score (nSPS) is 10.2. The smallest absolute Gasteiger partial charge is 0.311 e. The van der Waals surface area contributed by atoms with E-state index in [9.17, 15) is 19.7 Å². The zero-order valence-corrected chi connectivity index (χ0v) is 17.8. The van der Waals surface area contributed by atoms with Gasteiger partial charge in [0.25, 0.3) is 11.8 Å². The fourth-order valence-electron chi connectivity index (χ4n) is 2.88. The molecule has 32 heavy (non-hydrogen) atoms. The molecule has 0 saturated carbocycles. The molecule has 0 atom stereocenters. The summed E-state index contributed by atoms with van der Waals surface area (Å²) < 4.78 is 10.3. The topological polar surface area (TPSA) is 120 Å². The van der Waals surface area contributed by atoms with Gasteiger partial charge in [0.05, 0.1) is 35.4 Å². The first-order valence-electron chi connectivity index (χ1n) is 9.21. The van der Waals surface area contributed by atoms with Gasteiger partial charge in [-0.3, -0.25) is 19.7 Å². The summed E-state index contributed by atoms with van der Waals surface area (Å²) in [6.45, 7) is 0. The van der Waals surface area contributed by atoms with E-state index >= 15 is 0 Å². The Morgan fingerprint density at radius 1 is 0.906 bits per heavy atom. The first-order chi connectivity index (χ1) is 15.3. The molecule has 0 aliphatic heterocycles. The highest BCUT2D eigenvalue weighted by Crippen LogP contribution is 2.31. The van der Waals surface area contributed by atoms with Crippen LogP contribution in [0.4, 0.5) is 17.1 Å². The SMILES string of the molecule is COc1cc(NC(=O)c2ccc(OC)c([N+](=O)[O-])c2)ccc1NC(=O)c1ccccc1Cl. The molecule has 3 aromatic rings. The van der Waals surface area contributed by atoms with Gasteiger partial charge in [-0.05, 0) is 36.4 Å². The van der Waals surface area contributed by atoms with Crippen molar-refractivity contribution in [3.63, 3.8) is 0 Å². The quantitative estimate of drug-likeness (QED) is 0.391. The van der Waals surface area contributed by atoms with E-state index in [1.165, 1.54) is 32.4 Å². The lowest BCUT2D eigenvalue weighted by atomic mass is 10.1. The van der Waals surface area contributed by atoms with Crippen LogP contribution in [0.25, 0.3) is 0 Å². The highest BCUT2D eigenvalue weighted by atomic mass is 35.5. The number of ether oxygens (including phenoxy) is 2. The zero-order chi connectivity index (χ0) is 23.3. The van der Waals surface area contributed by atoms with Gasteiger partial charge < -0.3 is 20.1 Å². The third-order valence-corrected chi connectivity index (χ3v) is 4.79. The minimum absolute atomic E-state index is 0.0480. The van der Waals surface area contributed by atoms with Crippen LogP contribution in [0.3, 0.4) is 0 Å². The molecule has 0 bridgehead atoms. The molecule has 10 heteroatoms. The van der Waals surface area contributed by atoms with E-state index in [0.717, 1.165) is 6.07 Å². The molecule has 164 valence electrons. The molecule has 3 rings (SSSR count). The predicted molar refractivity (Wildman–Crippen MR) is 120 cm³/mol. The van der Waals surface area contributed by atoms with Crippen LogP contribution >= 0.6 is 11.6 Å². The number of nitro benzene ring substituents is 1. The van der Waals surface area contributed by atoms with Crippen LogP contribution in [-0.2, 0) is 0 Å². The maximum Gasteiger partial charge on any atom is 0.311 e. The standard InChI is InChI=1S/C22H18ClN3O6/c1-31-19-10-7-13(11-18(19)26(29)30)21(27)24-14-8-9-17(20(12-14)32-2)25-22(28)15-5-3-4-6-16(15)23/h3-12H,1-2H3,(H,24,27)(H,25,28). The van der Waals surface area contributed by atoms with Gasteiger partial charge in [0, 0.05) is 23.4 Å². The number of halogens is 1. The molecule has 2 amide bonds. The zero-order valence-electron chi connectivity index (χ0n) is 17.0. The Labute approximate surface area is 188 Å². The number of nitro groups is 1. The third kappa shape index (κ3) is 4.96. The van der Waals surface area contributed by atoms with E-state index in [1.54, 1.807) is 36.4 Å². The van der Waals surface area contributed by atoms with Crippen LogP contribution < -0.4 is 20.1 Å². The van der Waals surface area contributed by atoms with E-state index in [0.29, 0.717) is 27.7 Å². The number of benzene rings is 3. The second-order valence-corrected chi connectivity index (χ2v) is 6.85. The van der Waals surface area contributed by atoms with Crippen molar-refractivity contribution < 1.29 is 24.0 Å². The predicted octanol–water partition coefficient (Wildman–Crippen LogP) is 4.77. The Kier molecular flexibility index (Phi) is 6.91. The fourth-order valence-corrected chi connectivity index (χ4v) is 3.11. The van der Waals surface area contributed by atoms with Crippen molar-refractivity contribution in [2.75, 3.05) is 24.9 Å². The molecule has 9 nitrogen and oxygen atoms in total. The van der Waals surface area contributed by atoms with Gasteiger partial charge in [0.15, 0.2) is 5.75 Å². The van der Waals surface area contributed by atoms with E-state index in [-0.39, 0.29) is 17.0 Å². The summed E-state index contributed by atoms with van der Waals surface area (Å²) in [6.07, 6.45) is 0. The molecular weight excluding hydrogens is 438 g/mol. The second-order valence-electron chi connectivity index (χ2n) is 6.45. The summed E-state index contributed by atoms with van der Waals surface area (Å²) >= 11 is 6.06. The number of hydrogen-bond donors (Lipinski definition) is 2. The van der Waals surface area contributed by atoms with Crippen LogP contribution in [0.5, 0.6) is 11.5 Å². The van der Waals surface area contributed by atoms with Gasteiger partial charge >= 0.3 is 5.69 Å². The molecule has 3 aromatic carbocycles. The van der Waals surface area contributed by atoms with Gasteiger partial charge in [0.1, 0.15) is 5.75 Å². The van der Waals surface area contributed by atoms with Crippen LogP contribution in [0.1, 0.15) is 20.7 Å². The number of anilines is 2. The Balaban J connectivity index is 1.79. The van der Waals surface area contributed by atoms with Crippen LogP contribution in [0.2, 0.25) is 5.02 Å². The number of nitrogens with zero attached hydrogens (tertiary/aromatic N) is 1. The lowest BCUT2D eigenvalue weighted by molar-refractivity contribution is -0.385. The van der Waals surface area contributed by atoms with Crippen LogP contribution in [-0.4, -0.2) is 31.0 Å². The Bertz CT molecular complexity index is 1200. The number of methoxy groups -OCH3 is 2. The van der Waals surface area contributed by atoms with Crippen molar-refractivity contribution >= 4 is 40.5 Å². The van der Waals surface area contributed by atoms with Gasteiger partial charge in [-0.15, -0.1) is 0 Å². The van der Waals surface area contributed by atoms with Crippen molar-refractivity contribution in [1.82, 2.24) is 0 Å². The molecular formula is C22H18ClN3O6. The van der Waals surface area contributed by atoms with Crippen molar-refractivity contribution in [3.05, 3.63) is 86.9 Å². The molecule has 0 aliphatic carbocycles. The molecule has 0 heterocycles. The lowest BCUT2D eigenvalue weighted by Crippen LogP contribution is -2.14. The minimum atomic E-state index is -0.630. The average Bonchev–Trinajstić information content (AvgIpc) is 2.79. The monoisotopic (exact) mass is 455 g/mol. The second kappa shape index (κ2) is 9.80. The number of nitrogens with one attached hydrogen (secondary N) is 2. The van der Waals surface area contributed by atoms with Crippen molar-refractivity contribution in [3.8, 4) is 11.5 Å². The number of carbonyl (C=O) groups is 2. The molecule has 0 aliphatic rings. The van der Waals surface area contributed by atoms with Crippen LogP contribution in [0, 0.1) is 10.1 Å². The first-order valence-corrected chi connectivity index (χ1v) is 9.59. The summed E-state index contributed by atoms with van der Waals surface area (Å²) in [7, 11) is 2.72. The molecule has 0 spiro atoms. The first kappa shape index (κ1) is 22.6. The summed E-state index contributed by atoms with van der Waals surface area (Å²) in [5.74, 6) is -0.641. The van der Waals surface area contributed by atoms with E-state index < -0.39 is 16.7 Å². The summed E-state index contributed by atoms with van der Waals surface area (Å²) in [5.41, 5.74) is 0.786. The van der Waals surface area contributed by atoms with E-state index in [4.69, 9.17) is 21.1 Å². The largest absolute Gasteiger partial charge is 0.494 e. The Morgan fingerprint density at radius 3 is 2.28 bits per heavy atom. The van der Waals surface area contributed by atoms with Crippen LogP contribution in [0.15, 0.2) is 60.7 Å². The van der Waals surface area contributed by atoms with E-state index in [2.05, 4.69) is 10.6 Å². The third-order valence-electron chi connectivity index (χ3n) is 4.46. The number of rotatable bonds is 7. The molecule has 0 saturated heterocycles. The van der Waals surface area contributed by atoms with Gasteiger partial charge in [-0.25, -0.2) is 0 Å². The summed E-state index contributed by atoms with van der Waals surface area (Å²) in [5, 5.41) is 16.8. The molecule has 0 aromatic heterocycles. The summed E-state index contributed by atoms with van der Waals surface area (Å²) in [4.78, 5) is 35.6. The molecule has 0 fully saturated rings.